The number of esters is 1. The van der Waals surface area contributed by atoms with Gasteiger partial charge in [0.1, 0.15) is 0 Å². The van der Waals surface area contributed by atoms with Crippen LogP contribution in [0.5, 0.6) is 0 Å². The monoisotopic (exact) mass is 227 g/mol. The van der Waals surface area contributed by atoms with Crippen molar-refractivity contribution in [3.05, 3.63) is 46.4 Å². The Morgan fingerprint density at radius 1 is 1.29 bits per heavy atom. The molecule has 4 nitrogen and oxygen atoms in total. The molecule has 1 heterocycles. The highest BCUT2D eigenvalue weighted by molar-refractivity contribution is 5.89. The van der Waals surface area contributed by atoms with Gasteiger partial charge in [-0.1, -0.05) is 12.0 Å². The lowest BCUT2D eigenvalue weighted by Gasteiger charge is -1.96. The predicted molar refractivity (Wildman–Crippen MR) is 63.5 cm³/mol. The van der Waals surface area contributed by atoms with E-state index in [0.717, 1.165) is 10.8 Å². The molecule has 0 unspecified atom stereocenters. The first-order valence-electron chi connectivity index (χ1n) is 4.91. The van der Waals surface area contributed by atoms with Crippen LogP contribution in [0.25, 0.3) is 10.8 Å². The van der Waals surface area contributed by atoms with Crippen LogP contribution in [0.2, 0.25) is 0 Å². The van der Waals surface area contributed by atoms with E-state index in [9.17, 15) is 9.59 Å². The van der Waals surface area contributed by atoms with Crippen molar-refractivity contribution in [2.45, 2.75) is 0 Å². The Bertz CT molecular complexity index is 689. The van der Waals surface area contributed by atoms with Crippen molar-refractivity contribution in [1.29, 1.82) is 0 Å². The molecule has 17 heavy (non-hydrogen) atoms. The quantitative estimate of drug-likeness (QED) is 0.540. The molecule has 0 atom stereocenters. The highest BCUT2D eigenvalue weighted by Crippen LogP contribution is 2.12. The van der Waals surface area contributed by atoms with Gasteiger partial charge in [0.25, 0.3) is 0 Å². The Hall–Kier alpha value is -2.54. The number of methoxy groups -OCH3 is 1. The van der Waals surface area contributed by atoms with Crippen LogP contribution in [0, 0.1) is 11.8 Å². The van der Waals surface area contributed by atoms with Crippen LogP contribution in [0.1, 0.15) is 5.56 Å². The minimum atomic E-state index is -0.587. The van der Waals surface area contributed by atoms with Crippen LogP contribution in [-0.2, 0) is 9.53 Å². The third kappa shape index (κ3) is 2.52. The van der Waals surface area contributed by atoms with E-state index in [1.54, 1.807) is 18.3 Å². The SMILES string of the molecule is COC(=O)C#Cc1ccc2c[nH]c(=O)cc2c1. The minimum Gasteiger partial charge on any atom is -0.459 e. The molecule has 1 aromatic carbocycles. The molecule has 84 valence electrons. The van der Waals surface area contributed by atoms with Crippen LogP contribution in [0.4, 0.5) is 0 Å². The van der Waals surface area contributed by atoms with Gasteiger partial charge in [-0.25, -0.2) is 4.79 Å². The Morgan fingerprint density at radius 2 is 2.12 bits per heavy atom. The number of fused-ring (bicyclic) bond motifs is 1. The zero-order chi connectivity index (χ0) is 12.3. The van der Waals surface area contributed by atoms with Gasteiger partial charge < -0.3 is 9.72 Å². The zero-order valence-corrected chi connectivity index (χ0v) is 9.11. The number of carbonyl (C=O) groups excluding carboxylic acids is 1. The molecule has 0 amide bonds. The number of hydrogen-bond donors (Lipinski definition) is 1. The van der Waals surface area contributed by atoms with Gasteiger partial charge in [0.05, 0.1) is 7.11 Å². The van der Waals surface area contributed by atoms with Gasteiger partial charge >= 0.3 is 5.97 Å². The summed E-state index contributed by atoms with van der Waals surface area (Å²) >= 11 is 0. The number of pyridine rings is 1. The van der Waals surface area contributed by atoms with Crippen molar-refractivity contribution in [3.63, 3.8) is 0 Å². The van der Waals surface area contributed by atoms with Gasteiger partial charge in [-0.3, -0.25) is 4.79 Å². The van der Waals surface area contributed by atoms with Crippen LogP contribution in [0.3, 0.4) is 0 Å². The fourth-order valence-corrected chi connectivity index (χ4v) is 1.41. The number of nitrogens with one attached hydrogen (secondary N) is 1. The van der Waals surface area contributed by atoms with Crippen LogP contribution in [0.15, 0.2) is 35.3 Å². The Morgan fingerprint density at radius 3 is 2.88 bits per heavy atom. The molecule has 0 aliphatic rings. The summed E-state index contributed by atoms with van der Waals surface area (Å²) in [7, 11) is 1.27. The summed E-state index contributed by atoms with van der Waals surface area (Å²) in [6, 6.07) is 6.84. The highest BCUT2D eigenvalue weighted by Gasteiger charge is 1.96. The van der Waals surface area contributed by atoms with Crippen molar-refractivity contribution in [3.8, 4) is 11.8 Å². The average molecular weight is 227 g/mol. The second-order valence-electron chi connectivity index (χ2n) is 3.38. The molecule has 1 aromatic heterocycles. The van der Waals surface area contributed by atoms with E-state index in [1.165, 1.54) is 13.2 Å². The van der Waals surface area contributed by atoms with Gasteiger partial charge in [-0.2, -0.15) is 0 Å². The lowest BCUT2D eigenvalue weighted by atomic mass is 10.1. The largest absolute Gasteiger partial charge is 0.459 e. The van der Waals surface area contributed by atoms with E-state index in [2.05, 4.69) is 21.6 Å². The van der Waals surface area contributed by atoms with Crippen molar-refractivity contribution >= 4 is 16.7 Å². The maximum Gasteiger partial charge on any atom is 0.384 e. The molecule has 0 saturated carbocycles. The Balaban J connectivity index is 2.46. The normalized spacial score (nSPS) is 9.47. The second-order valence-corrected chi connectivity index (χ2v) is 3.38. The third-order valence-electron chi connectivity index (χ3n) is 2.24. The first kappa shape index (κ1) is 11.0. The smallest absolute Gasteiger partial charge is 0.384 e. The first-order valence-corrected chi connectivity index (χ1v) is 4.91. The number of aromatic nitrogens is 1. The van der Waals surface area contributed by atoms with E-state index in [-0.39, 0.29) is 5.56 Å². The number of ether oxygens (including phenoxy) is 1. The number of hydrogen-bond acceptors (Lipinski definition) is 3. The average Bonchev–Trinajstić information content (AvgIpc) is 2.35. The number of rotatable bonds is 0. The molecule has 0 aliphatic heterocycles. The standard InChI is InChI=1S/C13H9NO3/c1-17-13(16)5-3-9-2-4-10-8-14-12(15)7-11(10)6-9/h2,4,6-8H,1H3,(H,14,15). The lowest BCUT2D eigenvalue weighted by molar-refractivity contribution is -0.133. The maximum atomic E-state index is 11.1. The van der Waals surface area contributed by atoms with E-state index < -0.39 is 5.97 Å². The molecule has 0 radical (unpaired) electrons. The fourth-order valence-electron chi connectivity index (χ4n) is 1.41. The van der Waals surface area contributed by atoms with E-state index in [1.807, 2.05) is 6.07 Å². The van der Waals surface area contributed by atoms with Crippen LogP contribution in [-0.4, -0.2) is 18.1 Å². The molecular formula is C13H9NO3. The molecule has 2 rings (SSSR count). The Labute approximate surface area is 97.2 Å². The maximum absolute atomic E-state index is 11.1. The summed E-state index contributed by atoms with van der Waals surface area (Å²) < 4.78 is 4.41. The van der Waals surface area contributed by atoms with Crippen molar-refractivity contribution in [1.82, 2.24) is 4.98 Å². The first-order chi connectivity index (χ1) is 8.19. The molecule has 0 spiro atoms. The summed E-state index contributed by atoms with van der Waals surface area (Å²) in [5, 5.41) is 1.69. The molecule has 0 aliphatic carbocycles. The lowest BCUT2D eigenvalue weighted by Crippen LogP contribution is -2.01. The molecule has 0 bridgehead atoms. The fraction of sp³-hybridized carbons (Fsp3) is 0.0769. The van der Waals surface area contributed by atoms with Gasteiger partial charge in [-0.15, -0.1) is 0 Å². The van der Waals surface area contributed by atoms with E-state index in [0.29, 0.717) is 5.56 Å². The summed E-state index contributed by atoms with van der Waals surface area (Å²) in [6.45, 7) is 0. The summed E-state index contributed by atoms with van der Waals surface area (Å²) in [4.78, 5) is 24.6. The number of carbonyl (C=O) groups is 1. The molecule has 2 aromatic rings. The van der Waals surface area contributed by atoms with Crippen molar-refractivity contribution in [2.75, 3.05) is 7.11 Å². The topological polar surface area (TPSA) is 59.2 Å². The van der Waals surface area contributed by atoms with Gasteiger partial charge in [0.2, 0.25) is 5.56 Å². The van der Waals surface area contributed by atoms with Crippen LogP contribution >= 0.6 is 0 Å². The molecule has 0 fully saturated rings. The Kier molecular flexibility index (Phi) is 2.93. The van der Waals surface area contributed by atoms with Crippen molar-refractivity contribution in [2.24, 2.45) is 0 Å². The predicted octanol–water partition coefficient (Wildman–Crippen LogP) is 1.05. The van der Waals surface area contributed by atoms with Crippen molar-refractivity contribution < 1.29 is 9.53 Å². The van der Waals surface area contributed by atoms with Gasteiger partial charge in [0.15, 0.2) is 0 Å². The number of H-pyrrole nitrogens is 1. The summed E-state index contributed by atoms with van der Waals surface area (Å²) in [6.07, 6.45) is 1.63. The second kappa shape index (κ2) is 4.54. The molecular weight excluding hydrogens is 218 g/mol. The van der Waals surface area contributed by atoms with E-state index >= 15 is 0 Å². The molecule has 1 N–H and O–H groups in total. The van der Waals surface area contributed by atoms with E-state index in [4.69, 9.17) is 0 Å². The summed E-state index contributed by atoms with van der Waals surface area (Å²) in [5.74, 6) is 4.41. The highest BCUT2D eigenvalue weighted by atomic mass is 16.5. The number of aromatic amines is 1. The molecule has 4 heteroatoms. The summed E-state index contributed by atoms with van der Waals surface area (Å²) in [5.41, 5.74) is 0.490. The van der Waals surface area contributed by atoms with Gasteiger partial charge in [-0.05, 0) is 22.9 Å². The minimum absolute atomic E-state index is 0.171. The molecule has 0 saturated heterocycles. The zero-order valence-electron chi connectivity index (χ0n) is 9.11. The third-order valence-corrected chi connectivity index (χ3v) is 2.24. The number of benzene rings is 1. The van der Waals surface area contributed by atoms with Crippen LogP contribution < -0.4 is 5.56 Å². The van der Waals surface area contributed by atoms with Gasteiger partial charge in [0, 0.05) is 23.7 Å².